The molecule has 1 N–H and O–H groups in total. The summed E-state index contributed by atoms with van der Waals surface area (Å²) < 4.78 is 0. The van der Waals surface area contributed by atoms with Gasteiger partial charge in [0.15, 0.2) is 0 Å². The lowest BCUT2D eigenvalue weighted by Crippen LogP contribution is -2.46. The van der Waals surface area contributed by atoms with Crippen LogP contribution < -0.4 is 0 Å². The van der Waals surface area contributed by atoms with Gasteiger partial charge in [0, 0.05) is 37.2 Å². The van der Waals surface area contributed by atoms with Crippen LogP contribution in [0.25, 0.3) is 0 Å². The first-order valence-corrected chi connectivity index (χ1v) is 7.85. The quantitative estimate of drug-likeness (QED) is 0.924. The van der Waals surface area contributed by atoms with E-state index in [0.29, 0.717) is 6.54 Å². The van der Waals surface area contributed by atoms with Crippen LogP contribution in [-0.2, 0) is 6.54 Å². The lowest BCUT2D eigenvalue weighted by atomic mass is 10.0. The van der Waals surface area contributed by atoms with Gasteiger partial charge in [-0.05, 0) is 49.9 Å². The normalized spacial score (nSPS) is 16.9. The first-order chi connectivity index (χ1) is 9.99. The Morgan fingerprint density at radius 2 is 2.05 bits per heavy atom. The number of amides is 1. The van der Waals surface area contributed by atoms with Gasteiger partial charge in [-0.1, -0.05) is 17.7 Å². The van der Waals surface area contributed by atoms with Gasteiger partial charge in [-0.15, -0.1) is 0 Å². The number of benzene rings is 1. The first-order valence-electron chi connectivity index (χ1n) is 7.47. The monoisotopic (exact) mass is 310 g/mol. The zero-order chi connectivity index (χ0) is 15.4. The Labute approximate surface area is 131 Å². The second-order valence-corrected chi connectivity index (χ2v) is 6.15. The maximum Gasteiger partial charge on any atom is 0.407 e. The average Bonchev–Trinajstić information content (AvgIpc) is 2.40. The van der Waals surface area contributed by atoms with Crippen LogP contribution in [-0.4, -0.2) is 46.7 Å². The predicted octanol–water partition coefficient (Wildman–Crippen LogP) is 3.61. The Hall–Kier alpha value is -1.26. The number of halogens is 1. The summed E-state index contributed by atoms with van der Waals surface area (Å²) in [6.07, 6.45) is 1.00. The summed E-state index contributed by atoms with van der Waals surface area (Å²) >= 11 is 6.10. The Morgan fingerprint density at radius 1 is 1.38 bits per heavy atom. The van der Waals surface area contributed by atoms with E-state index in [1.807, 2.05) is 26.0 Å². The van der Waals surface area contributed by atoms with Crippen LogP contribution in [0, 0.1) is 6.92 Å². The van der Waals surface area contributed by atoms with Crippen LogP contribution in [0.5, 0.6) is 0 Å². The molecule has 0 atom stereocenters. The summed E-state index contributed by atoms with van der Waals surface area (Å²) in [6.45, 7) is 7.25. The number of hydrogen-bond acceptors (Lipinski definition) is 2. The van der Waals surface area contributed by atoms with Gasteiger partial charge in [-0.2, -0.15) is 0 Å². The lowest BCUT2D eigenvalue weighted by Gasteiger charge is -2.36. The van der Waals surface area contributed by atoms with Crippen LogP contribution in [0.15, 0.2) is 18.2 Å². The molecule has 1 saturated heterocycles. The number of carboxylic acid groups (broad SMARTS) is 1. The van der Waals surface area contributed by atoms with E-state index < -0.39 is 6.09 Å². The molecule has 1 aromatic rings. The van der Waals surface area contributed by atoms with E-state index >= 15 is 0 Å². The molecule has 1 heterocycles. The standard InChI is InChI=1S/C16H23ClN2O2/c1-3-19(16(20)21)15-4-6-18(7-5-15)11-13-8-12(2)9-14(17)10-13/h8-10,15H,3-7,11H2,1-2H3,(H,20,21). The largest absolute Gasteiger partial charge is 0.465 e. The average molecular weight is 311 g/mol. The maximum atomic E-state index is 11.2. The molecular formula is C16H23ClN2O2. The van der Waals surface area contributed by atoms with Crippen molar-refractivity contribution in [3.05, 3.63) is 34.3 Å². The van der Waals surface area contributed by atoms with Gasteiger partial charge in [-0.25, -0.2) is 4.79 Å². The third kappa shape index (κ3) is 4.35. The minimum Gasteiger partial charge on any atom is -0.465 e. The number of carbonyl (C=O) groups is 1. The minimum atomic E-state index is -0.804. The number of piperidine rings is 1. The molecule has 5 heteroatoms. The highest BCUT2D eigenvalue weighted by molar-refractivity contribution is 6.30. The Kier molecular flexibility index (Phi) is 5.48. The maximum absolute atomic E-state index is 11.2. The molecule has 0 spiro atoms. The summed E-state index contributed by atoms with van der Waals surface area (Å²) in [5.41, 5.74) is 2.40. The third-order valence-corrected chi connectivity index (χ3v) is 4.31. The Bertz CT molecular complexity index is 479. The van der Waals surface area contributed by atoms with Gasteiger partial charge in [0.2, 0.25) is 0 Å². The molecular weight excluding hydrogens is 288 g/mol. The highest BCUT2D eigenvalue weighted by Gasteiger charge is 2.26. The van der Waals surface area contributed by atoms with E-state index in [1.54, 1.807) is 4.90 Å². The van der Waals surface area contributed by atoms with Crippen LogP contribution >= 0.6 is 11.6 Å². The zero-order valence-electron chi connectivity index (χ0n) is 12.7. The van der Waals surface area contributed by atoms with Crippen molar-refractivity contribution in [2.45, 2.75) is 39.3 Å². The SMILES string of the molecule is CCN(C(=O)O)C1CCN(Cc2cc(C)cc(Cl)c2)CC1. The lowest BCUT2D eigenvalue weighted by molar-refractivity contribution is 0.0917. The van der Waals surface area contributed by atoms with Gasteiger partial charge < -0.3 is 10.0 Å². The zero-order valence-corrected chi connectivity index (χ0v) is 13.4. The van der Waals surface area contributed by atoms with Crippen LogP contribution in [0.1, 0.15) is 30.9 Å². The summed E-state index contributed by atoms with van der Waals surface area (Å²) in [7, 11) is 0. The molecule has 0 unspecified atom stereocenters. The molecule has 116 valence electrons. The van der Waals surface area contributed by atoms with Crippen LogP contribution in [0.3, 0.4) is 0 Å². The first kappa shape index (κ1) is 16.1. The van der Waals surface area contributed by atoms with Crippen molar-refractivity contribution < 1.29 is 9.90 Å². The molecule has 2 rings (SSSR count). The van der Waals surface area contributed by atoms with Gasteiger partial charge >= 0.3 is 6.09 Å². The summed E-state index contributed by atoms with van der Waals surface area (Å²) in [4.78, 5) is 15.1. The molecule has 0 radical (unpaired) electrons. The van der Waals surface area contributed by atoms with E-state index in [1.165, 1.54) is 11.1 Å². The fraction of sp³-hybridized carbons (Fsp3) is 0.562. The van der Waals surface area contributed by atoms with Crippen molar-refractivity contribution in [2.75, 3.05) is 19.6 Å². The van der Waals surface area contributed by atoms with Crippen LogP contribution in [0.2, 0.25) is 5.02 Å². The van der Waals surface area contributed by atoms with E-state index in [0.717, 1.165) is 37.5 Å². The molecule has 0 aliphatic carbocycles. The van der Waals surface area contributed by atoms with Crippen LogP contribution in [0.4, 0.5) is 4.79 Å². The summed E-state index contributed by atoms with van der Waals surface area (Å²) in [6, 6.07) is 6.29. The fourth-order valence-corrected chi connectivity index (χ4v) is 3.41. The van der Waals surface area contributed by atoms with Crippen molar-refractivity contribution in [3.8, 4) is 0 Å². The van der Waals surface area contributed by atoms with E-state index in [2.05, 4.69) is 11.0 Å². The number of rotatable bonds is 4. The molecule has 1 aliphatic rings. The van der Waals surface area contributed by atoms with Gasteiger partial charge in [0.1, 0.15) is 0 Å². The number of likely N-dealkylation sites (tertiary alicyclic amines) is 1. The molecule has 1 amide bonds. The van der Waals surface area contributed by atoms with E-state index in [-0.39, 0.29) is 6.04 Å². The number of aryl methyl sites for hydroxylation is 1. The molecule has 1 aromatic carbocycles. The predicted molar refractivity (Wildman–Crippen MR) is 84.9 cm³/mol. The molecule has 4 nitrogen and oxygen atoms in total. The molecule has 1 fully saturated rings. The topological polar surface area (TPSA) is 43.8 Å². The van der Waals surface area contributed by atoms with Gasteiger partial charge in [0.25, 0.3) is 0 Å². The van der Waals surface area contributed by atoms with Crippen molar-refractivity contribution in [1.82, 2.24) is 9.80 Å². The fourth-order valence-electron chi connectivity index (χ4n) is 3.10. The van der Waals surface area contributed by atoms with Crippen molar-refractivity contribution >= 4 is 17.7 Å². The van der Waals surface area contributed by atoms with Crippen molar-refractivity contribution in [2.24, 2.45) is 0 Å². The Balaban J connectivity index is 1.90. The number of nitrogens with zero attached hydrogens (tertiary/aromatic N) is 2. The Morgan fingerprint density at radius 3 is 2.57 bits per heavy atom. The van der Waals surface area contributed by atoms with E-state index in [4.69, 9.17) is 11.6 Å². The van der Waals surface area contributed by atoms with Crippen molar-refractivity contribution in [1.29, 1.82) is 0 Å². The molecule has 0 aromatic heterocycles. The second-order valence-electron chi connectivity index (χ2n) is 5.71. The molecule has 21 heavy (non-hydrogen) atoms. The van der Waals surface area contributed by atoms with Gasteiger partial charge in [-0.3, -0.25) is 4.90 Å². The van der Waals surface area contributed by atoms with Gasteiger partial charge in [0.05, 0.1) is 0 Å². The highest BCUT2D eigenvalue weighted by Crippen LogP contribution is 2.21. The smallest absolute Gasteiger partial charge is 0.407 e. The summed E-state index contributed by atoms with van der Waals surface area (Å²) in [5.74, 6) is 0. The molecule has 0 bridgehead atoms. The number of hydrogen-bond donors (Lipinski definition) is 1. The summed E-state index contributed by atoms with van der Waals surface area (Å²) in [5, 5.41) is 9.97. The molecule has 0 saturated carbocycles. The second kappa shape index (κ2) is 7.14. The van der Waals surface area contributed by atoms with Crippen molar-refractivity contribution in [3.63, 3.8) is 0 Å². The minimum absolute atomic E-state index is 0.157. The third-order valence-electron chi connectivity index (χ3n) is 4.09. The highest BCUT2D eigenvalue weighted by atomic mass is 35.5. The molecule has 1 aliphatic heterocycles. The van der Waals surface area contributed by atoms with E-state index in [9.17, 15) is 9.90 Å².